The monoisotopic (exact) mass is 299 g/mol. The van der Waals surface area contributed by atoms with Crippen molar-refractivity contribution in [2.45, 2.75) is 44.3 Å². The normalized spacial score (nSPS) is 17.3. The van der Waals surface area contributed by atoms with Crippen LogP contribution < -0.4 is 5.32 Å². The van der Waals surface area contributed by atoms with E-state index in [1.54, 1.807) is 0 Å². The summed E-state index contributed by atoms with van der Waals surface area (Å²) in [5.41, 5.74) is 0.608. The fraction of sp³-hybridized carbons (Fsp3) is 0.625. The van der Waals surface area contributed by atoms with E-state index in [-0.39, 0.29) is 0 Å². The van der Waals surface area contributed by atoms with E-state index in [9.17, 15) is 13.9 Å². The minimum atomic E-state index is -0.560. The number of hydrogen-bond acceptors (Lipinski definition) is 3. The van der Waals surface area contributed by atoms with Crippen LogP contribution in [0.1, 0.15) is 31.2 Å². The molecule has 0 spiro atoms. The minimum absolute atomic E-state index is 0.301. The Morgan fingerprint density at radius 1 is 1.19 bits per heavy atom. The number of ether oxygens (including phenoxy) is 1. The molecule has 118 valence electrons. The summed E-state index contributed by atoms with van der Waals surface area (Å²) in [4.78, 5) is 0. The molecule has 0 radical (unpaired) electrons. The average molecular weight is 299 g/mol. The molecule has 1 aromatic rings. The molecule has 3 nitrogen and oxygen atoms in total. The van der Waals surface area contributed by atoms with Gasteiger partial charge < -0.3 is 15.2 Å². The van der Waals surface area contributed by atoms with E-state index in [0.29, 0.717) is 37.8 Å². The van der Waals surface area contributed by atoms with Crippen molar-refractivity contribution in [1.29, 1.82) is 0 Å². The Morgan fingerprint density at radius 2 is 1.86 bits per heavy atom. The molecule has 0 aromatic heterocycles. The van der Waals surface area contributed by atoms with Gasteiger partial charge in [0.15, 0.2) is 0 Å². The third-order valence-electron chi connectivity index (χ3n) is 3.72. The van der Waals surface area contributed by atoms with Gasteiger partial charge in [0.05, 0.1) is 18.8 Å². The molecule has 0 heterocycles. The molecule has 0 bridgehead atoms. The summed E-state index contributed by atoms with van der Waals surface area (Å²) in [7, 11) is 0. The maximum Gasteiger partial charge on any atom is 0.126 e. The van der Waals surface area contributed by atoms with Crippen molar-refractivity contribution in [1.82, 2.24) is 5.32 Å². The summed E-state index contributed by atoms with van der Waals surface area (Å²) >= 11 is 0. The van der Waals surface area contributed by atoms with Crippen LogP contribution in [0.4, 0.5) is 8.78 Å². The molecule has 5 heteroatoms. The van der Waals surface area contributed by atoms with Crippen molar-refractivity contribution >= 4 is 0 Å². The predicted octanol–water partition coefficient (Wildman–Crippen LogP) is 2.42. The first-order chi connectivity index (χ1) is 10.1. The van der Waals surface area contributed by atoms with Crippen molar-refractivity contribution in [3.8, 4) is 0 Å². The molecule has 2 rings (SSSR count). The van der Waals surface area contributed by atoms with Crippen LogP contribution in [-0.2, 0) is 11.2 Å². The summed E-state index contributed by atoms with van der Waals surface area (Å²) in [6.07, 6.45) is 4.87. The zero-order valence-electron chi connectivity index (χ0n) is 12.2. The van der Waals surface area contributed by atoms with Crippen LogP contribution in [0.2, 0.25) is 0 Å². The number of benzene rings is 1. The number of halogens is 2. The van der Waals surface area contributed by atoms with Gasteiger partial charge in [-0.2, -0.15) is 0 Å². The van der Waals surface area contributed by atoms with E-state index >= 15 is 0 Å². The summed E-state index contributed by atoms with van der Waals surface area (Å²) in [5.74, 6) is -1.12. The van der Waals surface area contributed by atoms with Crippen molar-refractivity contribution in [2.24, 2.45) is 0 Å². The van der Waals surface area contributed by atoms with Gasteiger partial charge in [-0.3, -0.25) is 0 Å². The third kappa shape index (κ3) is 6.08. The van der Waals surface area contributed by atoms with E-state index in [0.717, 1.165) is 18.9 Å². The van der Waals surface area contributed by atoms with Gasteiger partial charge in [-0.25, -0.2) is 8.78 Å². The minimum Gasteiger partial charge on any atom is -0.389 e. The highest BCUT2D eigenvalue weighted by atomic mass is 19.1. The predicted molar refractivity (Wildman–Crippen MR) is 77.1 cm³/mol. The zero-order chi connectivity index (χ0) is 15.1. The number of hydrogen-bond donors (Lipinski definition) is 2. The van der Waals surface area contributed by atoms with Gasteiger partial charge in [0.1, 0.15) is 11.6 Å². The van der Waals surface area contributed by atoms with Crippen LogP contribution in [-0.4, -0.2) is 37.0 Å². The lowest BCUT2D eigenvalue weighted by Crippen LogP contribution is -2.32. The van der Waals surface area contributed by atoms with Crippen LogP contribution in [0.15, 0.2) is 18.2 Å². The van der Waals surface area contributed by atoms with Crippen molar-refractivity contribution in [3.05, 3.63) is 35.4 Å². The Hall–Kier alpha value is -1.04. The van der Waals surface area contributed by atoms with Crippen molar-refractivity contribution in [2.75, 3.05) is 19.7 Å². The second-order valence-electron chi connectivity index (χ2n) is 5.63. The Labute approximate surface area is 124 Å². The Bertz CT molecular complexity index is 416. The van der Waals surface area contributed by atoms with Gasteiger partial charge in [-0.15, -0.1) is 0 Å². The molecule has 0 amide bonds. The quantitative estimate of drug-likeness (QED) is 0.724. The highest BCUT2D eigenvalue weighted by molar-refractivity contribution is 5.18. The van der Waals surface area contributed by atoms with Gasteiger partial charge in [-0.05, 0) is 43.5 Å². The van der Waals surface area contributed by atoms with Crippen molar-refractivity contribution < 1.29 is 18.6 Å². The molecular formula is C16H23F2NO2. The van der Waals surface area contributed by atoms with Gasteiger partial charge >= 0.3 is 0 Å². The van der Waals surface area contributed by atoms with Crippen LogP contribution in [0.5, 0.6) is 0 Å². The summed E-state index contributed by atoms with van der Waals surface area (Å²) in [6.45, 7) is 1.32. The summed E-state index contributed by atoms with van der Waals surface area (Å²) in [6, 6.07) is 3.51. The van der Waals surface area contributed by atoms with Crippen LogP contribution in [0.3, 0.4) is 0 Å². The van der Waals surface area contributed by atoms with Gasteiger partial charge in [-0.1, -0.05) is 12.8 Å². The average Bonchev–Trinajstić information content (AvgIpc) is 2.93. The summed E-state index contributed by atoms with van der Waals surface area (Å²) < 4.78 is 31.6. The van der Waals surface area contributed by atoms with Gasteiger partial charge in [0.25, 0.3) is 0 Å². The number of aliphatic hydroxyl groups is 1. The van der Waals surface area contributed by atoms with Crippen LogP contribution in [0, 0.1) is 11.6 Å². The lowest BCUT2D eigenvalue weighted by molar-refractivity contribution is -0.00530. The first-order valence-corrected chi connectivity index (χ1v) is 7.59. The number of aliphatic hydroxyl groups excluding tert-OH is 1. The molecule has 1 aliphatic carbocycles. The topological polar surface area (TPSA) is 41.5 Å². The SMILES string of the molecule is OC(CNCCc1cc(F)cc(F)c1)COC1CCCC1. The fourth-order valence-corrected chi connectivity index (χ4v) is 2.62. The van der Waals surface area contributed by atoms with Gasteiger partial charge in [0.2, 0.25) is 0 Å². The first kappa shape index (κ1) is 16.3. The smallest absolute Gasteiger partial charge is 0.126 e. The second kappa shape index (κ2) is 8.41. The highest BCUT2D eigenvalue weighted by Gasteiger charge is 2.16. The van der Waals surface area contributed by atoms with Crippen LogP contribution >= 0.6 is 0 Å². The maximum atomic E-state index is 13.0. The molecule has 1 fully saturated rings. The lowest BCUT2D eigenvalue weighted by atomic mass is 10.1. The first-order valence-electron chi connectivity index (χ1n) is 7.59. The Morgan fingerprint density at radius 3 is 2.52 bits per heavy atom. The number of rotatable bonds is 8. The molecular weight excluding hydrogens is 276 g/mol. The zero-order valence-corrected chi connectivity index (χ0v) is 12.2. The molecule has 1 aromatic carbocycles. The fourth-order valence-electron chi connectivity index (χ4n) is 2.62. The molecule has 1 unspecified atom stereocenters. The molecule has 0 saturated heterocycles. The molecule has 21 heavy (non-hydrogen) atoms. The van der Waals surface area contributed by atoms with E-state index < -0.39 is 17.7 Å². The molecule has 1 atom stereocenters. The standard InChI is InChI=1S/C16H23F2NO2/c17-13-7-12(8-14(18)9-13)5-6-19-10-15(20)11-21-16-3-1-2-4-16/h7-9,15-16,19-20H,1-6,10-11H2. The van der Waals surface area contributed by atoms with E-state index in [1.807, 2.05) is 0 Å². The molecule has 0 aliphatic heterocycles. The lowest BCUT2D eigenvalue weighted by Gasteiger charge is -2.16. The van der Waals surface area contributed by atoms with Crippen LogP contribution in [0.25, 0.3) is 0 Å². The molecule has 1 aliphatic rings. The van der Waals surface area contributed by atoms with Gasteiger partial charge in [0, 0.05) is 12.6 Å². The Balaban J connectivity index is 1.58. The van der Waals surface area contributed by atoms with E-state index in [4.69, 9.17) is 4.74 Å². The summed E-state index contributed by atoms with van der Waals surface area (Å²) in [5, 5.41) is 12.9. The second-order valence-corrected chi connectivity index (χ2v) is 5.63. The maximum absolute atomic E-state index is 13.0. The third-order valence-corrected chi connectivity index (χ3v) is 3.72. The molecule has 2 N–H and O–H groups in total. The Kier molecular flexibility index (Phi) is 6.54. The van der Waals surface area contributed by atoms with E-state index in [1.165, 1.54) is 25.0 Å². The van der Waals surface area contributed by atoms with Crippen molar-refractivity contribution in [3.63, 3.8) is 0 Å². The number of nitrogens with one attached hydrogen (secondary N) is 1. The largest absolute Gasteiger partial charge is 0.389 e. The van der Waals surface area contributed by atoms with E-state index in [2.05, 4.69) is 5.32 Å². The molecule has 1 saturated carbocycles. The highest BCUT2D eigenvalue weighted by Crippen LogP contribution is 2.20.